The molecule has 7 atom stereocenters. The molecule has 9 heteroatoms. The van der Waals surface area contributed by atoms with Gasteiger partial charge in [-0.3, -0.25) is 4.79 Å². The Labute approximate surface area is 509 Å². The average molecular weight is 1160 g/mol. The molecule has 0 aromatic rings. The number of hydrogen-bond donors (Lipinski definition) is 6. The van der Waals surface area contributed by atoms with Gasteiger partial charge < -0.3 is 40.3 Å². The van der Waals surface area contributed by atoms with Gasteiger partial charge in [-0.05, 0) is 96.3 Å². The summed E-state index contributed by atoms with van der Waals surface area (Å²) in [5, 5.41) is 54.7. The topological polar surface area (TPSA) is 149 Å². The highest BCUT2D eigenvalue weighted by Gasteiger charge is 2.44. The van der Waals surface area contributed by atoms with Crippen LogP contribution >= 0.6 is 0 Å². The summed E-state index contributed by atoms with van der Waals surface area (Å²) >= 11 is 0. The van der Waals surface area contributed by atoms with Crippen molar-refractivity contribution in [2.24, 2.45) is 0 Å². The summed E-state index contributed by atoms with van der Waals surface area (Å²) in [6.45, 7) is 3.67. The van der Waals surface area contributed by atoms with Crippen molar-refractivity contribution in [2.45, 2.75) is 314 Å². The van der Waals surface area contributed by atoms with Crippen LogP contribution in [0.2, 0.25) is 0 Å². The molecule has 83 heavy (non-hydrogen) atoms. The molecule has 0 bridgehead atoms. The molecule has 1 rings (SSSR count). The van der Waals surface area contributed by atoms with Gasteiger partial charge in [0.25, 0.3) is 0 Å². The lowest BCUT2D eigenvalue weighted by molar-refractivity contribution is -0.302. The first-order valence-corrected chi connectivity index (χ1v) is 33.9. The van der Waals surface area contributed by atoms with E-state index in [4.69, 9.17) is 9.47 Å². The Hall–Kier alpha value is -3.67. The molecule has 0 aliphatic carbocycles. The third kappa shape index (κ3) is 50.2. The fraction of sp³-hybridized carbons (Fsp3) is 0.689. The first-order valence-electron chi connectivity index (χ1n) is 33.9. The summed E-state index contributed by atoms with van der Waals surface area (Å²) < 4.78 is 11.3. The van der Waals surface area contributed by atoms with Gasteiger partial charge in [-0.2, -0.15) is 0 Å². The van der Waals surface area contributed by atoms with Crippen LogP contribution in [0.5, 0.6) is 0 Å². The minimum atomic E-state index is -1.58. The number of allylic oxidation sites excluding steroid dienone is 21. The van der Waals surface area contributed by atoms with Crippen LogP contribution in [-0.4, -0.2) is 87.5 Å². The Morgan fingerprint density at radius 3 is 1.11 bits per heavy atom. The van der Waals surface area contributed by atoms with Crippen molar-refractivity contribution < 1.29 is 39.8 Å². The maximum Gasteiger partial charge on any atom is 0.220 e. The molecule has 1 amide bonds. The standard InChI is InChI=1S/C74H125NO8/c1-3-5-7-9-11-13-15-17-19-21-23-25-26-27-28-29-30-31-32-33-34-35-36-37-38-39-40-41-42-44-46-48-50-52-54-56-58-60-62-64-70(78)75-67(66-82-74-73(81)72(80)71(79)69(65-76)83-74)68(77)63-61-59-57-55-53-51-49-47-45-43-24-22-20-18-16-14-12-10-8-6-4-2/h5,7,11,13,17,19,23,25,27-28,30-31,33-34,36-37,39-40,42,44,61,63,67-69,71-74,76-77,79-81H,3-4,6,8-10,12,14-16,18,20-22,24,26,29,32,35,38,41,43,45-60,62,64-66H2,1-2H3,(H,75,78)/b7-5-,13-11-,19-17-,25-23-,28-27-,31-30-,34-33-,37-36-,40-39-,44-42-,63-61+. The van der Waals surface area contributed by atoms with E-state index in [9.17, 15) is 30.3 Å². The van der Waals surface area contributed by atoms with E-state index in [0.29, 0.717) is 6.42 Å². The zero-order valence-corrected chi connectivity index (χ0v) is 52.9. The molecule has 7 unspecified atom stereocenters. The predicted octanol–water partition coefficient (Wildman–Crippen LogP) is 18.4. The number of carbonyl (C=O) groups excluding carboxylic acids is 1. The normalized spacial score (nSPS) is 19.1. The number of aliphatic hydroxyl groups is 5. The molecule has 1 fully saturated rings. The predicted molar refractivity (Wildman–Crippen MR) is 354 cm³/mol. The van der Waals surface area contributed by atoms with Crippen molar-refractivity contribution in [3.63, 3.8) is 0 Å². The Morgan fingerprint density at radius 1 is 0.422 bits per heavy atom. The van der Waals surface area contributed by atoms with Crippen molar-refractivity contribution in [3.05, 3.63) is 134 Å². The first-order chi connectivity index (χ1) is 40.8. The van der Waals surface area contributed by atoms with Gasteiger partial charge in [0.15, 0.2) is 6.29 Å². The van der Waals surface area contributed by atoms with Crippen LogP contribution in [0.3, 0.4) is 0 Å². The third-order valence-electron chi connectivity index (χ3n) is 15.2. The van der Waals surface area contributed by atoms with Crippen LogP contribution in [0.1, 0.15) is 271 Å². The summed E-state index contributed by atoms with van der Waals surface area (Å²) in [7, 11) is 0. The monoisotopic (exact) mass is 1160 g/mol. The van der Waals surface area contributed by atoms with Gasteiger partial charge >= 0.3 is 0 Å². The molecule has 9 nitrogen and oxygen atoms in total. The van der Waals surface area contributed by atoms with Gasteiger partial charge in [-0.1, -0.05) is 302 Å². The molecule has 0 spiro atoms. The van der Waals surface area contributed by atoms with Gasteiger partial charge in [0.05, 0.1) is 25.4 Å². The highest BCUT2D eigenvalue weighted by atomic mass is 16.7. The van der Waals surface area contributed by atoms with E-state index in [0.717, 1.165) is 116 Å². The molecule has 0 aromatic heterocycles. The van der Waals surface area contributed by atoms with Crippen molar-refractivity contribution in [1.29, 1.82) is 0 Å². The largest absolute Gasteiger partial charge is 0.394 e. The van der Waals surface area contributed by atoms with E-state index >= 15 is 0 Å². The smallest absolute Gasteiger partial charge is 0.220 e. The quantitative estimate of drug-likeness (QED) is 0.0261. The van der Waals surface area contributed by atoms with Gasteiger partial charge in [-0.15, -0.1) is 0 Å². The lowest BCUT2D eigenvalue weighted by Gasteiger charge is -2.40. The van der Waals surface area contributed by atoms with E-state index in [1.54, 1.807) is 6.08 Å². The molecule has 0 radical (unpaired) electrons. The SMILES string of the molecule is CC/C=C\C/C=C\C/C=C\C/C=C\C/C=C\C/C=C\C/C=C\C/C=C\C/C=C\C/C=C\CCCCCCCCCCC(=O)NC(COC1OC(CO)C(O)C(O)C1O)C(O)/C=C/CCCCCCCCCCCCCCCCCCCCC. The van der Waals surface area contributed by atoms with Crippen LogP contribution < -0.4 is 5.32 Å². The Balaban J connectivity index is 2.17. The molecular weight excluding hydrogens is 1030 g/mol. The molecule has 0 saturated carbocycles. The number of hydrogen-bond acceptors (Lipinski definition) is 8. The minimum Gasteiger partial charge on any atom is -0.394 e. The van der Waals surface area contributed by atoms with Crippen LogP contribution in [-0.2, 0) is 14.3 Å². The lowest BCUT2D eigenvalue weighted by atomic mass is 9.99. The van der Waals surface area contributed by atoms with Gasteiger partial charge in [-0.25, -0.2) is 0 Å². The number of unbranched alkanes of at least 4 members (excludes halogenated alkanes) is 27. The molecule has 474 valence electrons. The highest BCUT2D eigenvalue weighted by Crippen LogP contribution is 2.23. The summed E-state index contributed by atoms with van der Waals surface area (Å²) in [5.41, 5.74) is 0. The van der Waals surface area contributed by atoms with Gasteiger partial charge in [0.1, 0.15) is 24.4 Å². The Kier molecular flexibility index (Phi) is 57.2. The van der Waals surface area contributed by atoms with Crippen molar-refractivity contribution in [2.75, 3.05) is 13.2 Å². The summed E-state index contributed by atoms with van der Waals surface area (Å²) in [4.78, 5) is 13.1. The fourth-order valence-electron chi connectivity index (χ4n) is 9.95. The number of rotatable bonds is 57. The van der Waals surface area contributed by atoms with E-state index in [2.05, 4.69) is 141 Å². The van der Waals surface area contributed by atoms with Crippen LogP contribution in [0, 0.1) is 0 Å². The molecular formula is C74H125NO8. The molecule has 0 aromatic carbocycles. The van der Waals surface area contributed by atoms with Crippen molar-refractivity contribution in [3.8, 4) is 0 Å². The van der Waals surface area contributed by atoms with E-state index < -0.39 is 49.5 Å². The summed E-state index contributed by atoms with van der Waals surface area (Å²) in [6, 6.07) is -0.820. The number of aliphatic hydroxyl groups excluding tert-OH is 5. The molecule has 1 aliphatic rings. The zero-order valence-electron chi connectivity index (χ0n) is 52.9. The number of carbonyl (C=O) groups is 1. The van der Waals surface area contributed by atoms with Gasteiger partial charge in [0, 0.05) is 6.42 Å². The van der Waals surface area contributed by atoms with Crippen molar-refractivity contribution >= 4 is 5.91 Å². The van der Waals surface area contributed by atoms with Crippen LogP contribution in [0.4, 0.5) is 0 Å². The second kappa shape index (κ2) is 61.4. The Morgan fingerprint density at radius 2 is 0.747 bits per heavy atom. The van der Waals surface area contributed by atoms with E-state index in [1.165, 1.54) is 135 Å². The third-order valence-corrected chi connectivity index (χ3v) is 15.2. The number of amides is 1. The maximum absolute atomic E-state index is 13.1. The first kappa shape index (κ1) is 77.3. The van der Waals surface area contributed by atoms with Crippen LogP contribution in [0.15, 0.2) is 134 Å². The molecule has 1 aliphatic heterocycles. The molecule has 1 saturated heterocycles. The van der Waals surface area contributed by atoms with E-state index in [1.807, 2.05) is 6.08 Å². The average Bonchev–Trinajstić information content (AvgIpc) is 3.60. The highest BCUT2D eigenvalue weighted by molar-refractivity contribution is 5.76. The Bertz CT molecular complexity index is 1770. The number of nitrogens with one attached hydrogen (secondary N) is 1. The molecule has 6 N–H and O–H groups in total. The lowest BCUT2D eigenvalue weighted by Crippen LogP contribution is -2.60. The number of ether oxygens (including phenoxy) is 2. The van der Waals surface area contributed by atoms with Crippen LogP contribution in [0.25, 0.3) is 0 Å². The zero-order chi connectivity index (χ0) is 60.0. The minimum absolute atomic E-state index is 0.189. The van der Waals surface area contributed by atoms with E-state index in [-0.39, 0.29) is 12.5 Å². The summed E-state index contributed by atoms with van der Waals surface area (Å²) in [5.74, 6) is -0.189. The maximum atomic E-state index is 13.1. The fourth-order valence-corrected chi connectivity index (χ4v) is 9.95. The molecule has 1 heterocycles. The van der Waals surface area contributed by atoms with Crippen molar-refractivity contribution in [1.82, 2.24) is 5.32 Å². The summed E-state index contributed by atoms with van der Waals surface area (Å²) in [6.07, 6.45) is 86.7. The second-order valence-corrected chi connectivity index (χ2v) is 22.9. The van der Waals surface area contributed by atoms with Gasteiger partial charge in [0.2, 0.25) is 5.91 Å². The second-order valence-electron chi connectivity index (χ2n) is 22.9.